The van der Waals surface area contributed by atoms with Crippen molar-refractivity contribution < 1.29 is 58.6 Å². The van der Waals surface area contributed by atoms with Crippen LogP contribution >= 0.6 is 0 Å². The van der Waals surface area contributed by atoms with E-state index in [0.717, 1.165) is 12.1 Å². The van der Waals surface area contributed by atoms with Crippen LogP contribution in [0.15, 0.2) is 107 Å². The molecule has 0 saturated heterocycles. The maximum absolute atomic E-state index is 14.9. The zero-order valence-electron chi connectivity index (χ0n) is 45.7. The lowest BCUT2D eigenvalue weighted by atomic mass is 9.88. The highest BCUT2D eigenvalue weighted by molar-refractivity contribution is 7.90. The number of aliphatic carboxylic acids is 1. The highest BCUT2D eigenvalue weighted by atomic mass is 32.2. The van der Waals surface area contributed by atoms with Gasteiger partial charge < -0.3 is 24.4 Å². The van der Waals surface area contributed by atoms with Crippen molar-refractivity contribution >= 4 is 31.9 Å². The van der Waals surface area contributed by atoms with Crippen LogP contribution < -0.4 is 19.3 Å². The van der Waals surface area contributed by atoms with Crippen LogP contribution in [-0.4, -0.2) is 96.0 Å². The van der Waals surface area contributed by atoms with Crippen molar-refractivity contribution in [3.05, 3.63) is 154 Å². The number of benzene rings is 4. The van der Waals surface area contributed by atoms with Gasteiger partial charge in [-0.15, -0.1) is 0 Å². The first kappa shape index (κ1) is 62.8. The number of primary sulfonamides is 1. The number of amides is 1. The van der Waals surface area contributed by atoms with Crippen molar-refractivity contribution in [2.24, 2.45) is 5.14 Å². The minimum atomic E-state index is -4.37. The fourth-order valence-corrected chi connectivity index (χ4v) is 9.52. The Morgan fingerprint density at radius 3 is 1.36 bits per heavy atom. The van der Waals surface area contributed by atoms with Gasteiger partial charge in [0.2, 0.25) is 27.7 Å². The summed E-state index contributed by atoms with van der Waals surface area (Å²) >= 11 is 0. The van der Waals surface area contributed by atoms with Crippen LogP contribution in [-0.2, 0) is 53.6 Å². The molecular weight excluding hydrogens is 1040 g/mol. The summed E-state index contributed by atoms with van der Waals surface area (Å²) in [5, 5.41) is 14.1. The van der Waals surface area contributed by atoms with E-state index >= 15 is 0 Å². The molecule has 1 amide bonds. The maximum atomic E-state index is 14.9. The van der Waals surface area contributed by atoms with E-state index < -0.39 is 60.5 Å². The molecular formula is C56H68F4N6O9S2. The predicted octanol–water partition coefficient (Wildman–Crippen LogP) is 9.92. The molecule has 0 spiro atoms. The molecule has 4 N–H and O–H groups in total. The molecule has 416 valence electrons. The van der Waals surface area contributed by atoms with Gasteiger partial charge in [0.25, 0.3) is 10.0 Å². The number of nitrogens with one attached hydrogen (secondary N) is 1. The van der Waals surface area contributed by atoms with Crippen LogP contribution in [0.2, 0.25) is 0 Å². The molecule has 0 fully saturated rings. The standard InChI is InChI=1S/C28H33F2N3O4S.C17H18FNO3.C11H17FN2O2S/c1-17(2)21-13-19(29)14-22(18-10-11-31-27(12-18)37-7)23(21)16-26(34)32-38(35,36)20-8-9-24(25(30)15-20)28(3,4)33(5)6;1-10(2)13-7-12(18)8-14(15(13)9-17(20)21)11-4-5-19-16(6-11)22-3;1-11(2,14(3)4)9-6-5-8(7-10(9)12)17(13,15)16/h8-15,17H,16H2,1-7H3,(H,32,34);4-8,10H,9H2,1-3H3,(H,20,21);5-7H,1-4H3,(H2,13,15,16). The highest BCUT2D eigenvalue weighted by Gasteiger charge is 2.30. The van der Waals surface area contributed by atoms with Gasteiger partial charge in [-0.2, -0.15) is 0 Å². The minimum absolute atomic E-state index is 0.0209. The van der Waals surface area contributed by atoms with Gasteiger partial charge in [0.1, 0.15) is 23.3 Å². The number of hydrogen-bond acceptors (Lipinski definition) is 12. The molecule has 0 aliphatic heterocycles. The maximum Gasteiger partial charge on any atom is 0.307 e. The molecule has 0 unspecified atom stereocenters. The van der Waals surface area contributed by atoms with Gasteiger partial charge in [-0.25, -0.2) is 54.2 Å². The molecule has 0 bridgehead atoms. The van der Waals surface area contributed by atoms with Gasteiger partial charge in [-0.1, -0.05) is 39.8 Å². The molecule has 0 radical (unpaired) electrons. The summed E-state index contributed by atoms with van der Waals surface area (Å²) in [7, 11) is 1.95. The third-order valence-corrected chi connectivity index (χ3v) is 15.5. The number of hydrogen-bond donors (Lipinski definition) is 3. The average molecular weight is 1110 g/mol. The fourth-order valence-electron chi connectivity index (χ4n) is 8.00. The van der Waals surface area contributed by atoms with E-state index in [2.05, 4.69) is 9.97 Å². The molecule has 2 aromatic heterocycles. The lowest BCUT2D eigenvalue weighted by Crippen LogP contribution is -2.36. The third-order valence-electron chi connectivity index (χ3n) is 13.2. The highest BCUT2D eigenvalue weighted by Crippen LogP contribution is 2.36. The summed E-state index contributed by atoms with van der Waals surface area (Å²) in [6, 6.07) is 19.3. The number of ether oxygens (including phenoxy) is 2. The van der Waals surface area contributed by atoms with E-state index in [4.69, 9.17) is 14.6 Å². The second-order valence-corrected chi connectivity index (χ2v) is 23.3. The Bertz CT molecular complexity index is 3330. The average Bonchev–Trinajstić information content (AvgIpc) is 3.34. The van der Waals surface area contributed by atoms with Crippen LogP contribution in [0, 0.1) is 23.3 Å². The monoisotopic (exact) mass is 1110 g/mol. The minimum Gasteiger partial charge on any atom is -0.481 e. The molecule has 21 heteroatoms. The zero-order chi connectivity index (χ0) is 58.1. The molecule has 6 aromatic rings. The molecule has 77 heavy (non-hydrogen) atoms. The molecule has 6 rings (SSSR count). The van der Waals surface area contributed by atoms with E-state index in [9.17, 15) is 49.1 Å². The predicted molar refractivity (Wildman–Crippen MR) is 289 cm³/mol. The van der Waals surface area contributed by atoms with Crippen molar-refractivity contribution in [3.63, 3.8) is 0 Å². The number of carboxylic acids is 1. The first-order valence-corrected chi connectivity index (χ1v) is 27.1. The number of methoxy groups -OCH3 is 2. The summed E-state index contributed by atoms with van der Waals surface area (Å²) in [6.45, 7) is 14.9. The quantitative estimate of drug-likeness (QED) is 0.0727. The second kappa shape index (κ2) is 25.6. The van der Waals surface area contributed by atoms with Crippen LogP contribution in [0.4, 0.5) is 17.6 Å². The molecule has 15 nitrogen and oxygen atoms in total. The van der Waals surface area contributed by atoms with Gasteiger partial charge in [-0.05, 0) is 173 Å². The van der Waals surface area contributed by atoms with Crippen LogP contribution in [0.3, 0.4) is 0 Å². The number of carbonyl (C=O) groups is 2. The van der Waals surface area contributed by atoms with Crippen LogP contribution in [0.5, 0.6) is 11.8 Å². The van der Waals surface area contributed by atoms with E-state index in [0.29, 0.717) is 67.4 Å². The first-order chi connectivity index (χ1) is 35.6. The number of sulfonamides is 2. The first-order valence-electron chi connectivity index (χ1n) is 24.1. The zero-order valence-corrected chi connectivity index (χ0v) is 47.3. The third kappa shape index (κ3) is 15.9. The Hall–Kier alpha value is -6.78. The molecule has 4 aromatic carbocycles. The Balaban J connectivity index is 0.000000276. The largest absolute Gasteiger partial charge is 0.481 e. The lowest BCUT2D eigenvalue weighted by molar-refractivity contribution is -0.136. The molecule has 0 aliphatic carbocycles. The van der Waals surface area contributed by atoms with E-state index in [-0.39, 0.29) is 40.3 Å². The van der Waals surface area contributed by atoms with Gasteiger partial charge in [-0.3, -0.25) is 9.59 Å². The van der Waals surface area contributed by atoms with E-state index in [1.165, 1.54) is 68.9 Å². The van der Waals surface area contributed by atoms with Crippen LogP contribution in [0.1, 0.15) is 101 Å². The summed E-state index contributed by atoms with van der Waals surface area (Å²) in [6.07, 6.45) is 2.55. The summed E-state index contributed by atoms with van der Waals surface area (Å²) in [4.78, 5) is 35.4. The fraction of sp³-hybridized carbons (Fsp3) is 0.357. The van der Waals surface area contributed by atoms with E-state index in [1.54, 1.807) is 44.6 Å². The van der Waals surface area contributed by atoms with Crippen molar-refractivity contribution in [3.8, 4) is 34.0 Å². The van der Waals surface area contributed by atoms with Gasteiger partial charge >= 0.3 is 5.97 Å². The number of rotatable bonds is 17. The van der Waals surface area contributed by atoms with Gasteiger partial charge in [0.15, 0.2) is 0 Å². The van der Waals surface area contributed by atoms with Crippen LogP contribution in [0.25, 0.3) is 22.3 Å². The number of aromatic nitrogens is 2. The normalized spacial score (nSPS) is 12.0. The molecule has 0 atom stereocenters. The molecule has 2 heterocycles. The number of nitrogens with two attached hydrogens (primary N) is 1. The number of halogens is 4. The van der Waals surface area contributed by atoms with E-state index in [1.807, 2.05) is 84.0 Å². The topological polar surface area (TPSA) is 211 Å². The van der Waals surface area contributed by atoms with Gasteiger partial charge in [0.05, 0.1) is 36.9 Å². The van der Waals surface area contributed by atoms with Crippen molar-refractivity contribution in [2.75, 3.05) is 42.4 Å². The molecule has 0 saturated carbocycles. The van der Waals surface area contributed by atoms with Crippen molar-refractivity contribution in [1.29, 1.82) is 0 Å². The number of pyridine rings is 2. The summed E-state index contributed by atoms with van der Waals surface area (Å²) < 4.78 is 118. The Kier molecular flexibility index (Phi) is 20.8. The Morgan fingerprint density at radius 1 is 0.623 bits per heavy atom. The van der Waals surface area contributed by atoms with Gasteiger partial charge in [0, 0.05) is 46.7 Å². The second-order valence-electron chi connectivity index (χ2n) is 20.0. The summed E-state index contributed by atoms with van der Waals surface area (Å²) in [5.41, 5.74) is 4.11. The van der Waals surface area contributed by atoms with Crippen molar-refractivity contribution in [1.82, 2.24) is 24.5 Å². The Labute approximate surface area is 449 Å². The summed E-state index contributed by atoms with van der Waals surface area (Å²) in [5.74, 6) is -3.37. The SMILES string of the molecule is CN(C)C(C)(C)c1ccc(S(N)(=O)=O)cc1F.COc1cc(-c2cc(F)cc(C(C)C)c2CC(=O)NS(=O)(=O)c2ccc(C(C)(C)N(C)C)c(F)c2)ccn1.COc1cc(-c2cc(F)cc(C(C)C)c2CC(=O)O)ccn1. The Morgan fingerprint density at radius 2 is 1.01 bits per heavy atom. The number of carboxylic acid groups (broad SMARTS) is 1. The number of nitrogens with zero attached hydrogens (tertiary/aromatic N) is 4. The van der Waals surface area contributed by atoms with Crippen molar-refractivity contribution in [2.45, 2.75) is 101 Å². The smallest absolute Gasteiger partial charge is 0.307 e. The molecule has 0 aliphatic rings. The lowest BCUT2D eigenvalue weighted by Gasteiger charge is -2.33. The number of carbonyl (C=O) groups excluding carboxylic acids is 1.